The van der Waals surface area contributed by atoms with E-state index >= 15 is 0 Å². The van der Waals surface area contributed by atoms with E-state index in [-0.39, 0.29) is 11.7 Å². The summed E-state index contributed by atoms with van der Waals surface area (Å²) in [5, 5.41) is 3.52. The minimum Gasteiger partial charge on any atom is -0.451 e. The van der Waals surface area contributed by atoms with E-state index in [2.05, 4.69) is 25.5 Å². The number of hydrogen-bond acceptors (Lipinski definition) is 2. The van der Waals surface area contributed by atoms with Crippen molar-refractivity contribution < 1.29 is 14.1 Å². The molecule has 0 unspecified atom stereocenters. The Morgan fingerprint density at radius 1 is 1.00 bits per heavy atom. The Morgan fingerprint density at radius 3 is 2.42 bits per heavy atom. The van der Waals surface area contributed by atoms with Crippen LogP contribution in [0.15, 0.2) is 65.1 Å². The molecule has 1 amide bonds. The molecule has 0 spiro atoms. The summed E-state index contributed by atoms with van der Waals surface area (Å²) in [6.45, 7) is 1.37. The second-order valence-corrected chi connectivity index (χ2v) is 6.89. The van der Waals surface area contributed by atoms with Crippen LogP contribution in [0.5, 0.6) is 0 Å². The normalized spacial score (nSPS) is 10.9. The van der Waals surface area contributed by atoms with Crippen molar-refractivity contribution in [3.63, 3.8) is 0 Å². The Balaban J connectivity index is 1.69. The lowest BCUT2D eigenvalue weighted by Gasteiger charge is -2.12. The van der Waals surface area contributed by atoms with Crippen molar-refractivity contribution in [3.05, 3.63) is 82.6 Å². The molecule has 3 rings (SSSR count). The van der Waals surface area contributed by atoms with Gasteiger partial charge in [0, 0.05) is 17.7 Å². The van der Waals surface area contributed by atoms with Crippen LogP contribution < -0.4 is 10.2 Å². The molecule has 26 heavy (non-hydrogen) atoms. The highest BCUT2D eigenvalue weighted by Gasteiger charge is 2.14. The quantitative estimate of drug-likeness (QED) is 0.701. The second-order valence-electron chi connectivity index (χ2n) is 6.48. The van der Waals surface area contributed by atoms with Crippen LogP contribution in [-0.4, -0.2) is 20.0 Å². The minimum absolute atomic E-state index is 0.240. The molecule has 0 bridgehead atoms. The van der Waals surface area contributed by atoms with Gasteiger partial charge in [-0.15, -0.1) is 0 Å². The molecular formula is C21H22ClN2O2+. The highest BCUT2D eigenvalue weighted by Crippen LogP contribution is 2.29. The molecule has 3 aromatic rings. The molecule has 0 radical (unpaired) electrons. The molecule has 2 aromatic carbocycles. The van der Waals surface area contributed by atoms with E-state index < -0.39 is 0 Å². The van der Waals surface area contributed by atoms with Crippen molar-refractivity contribution in [1.82, 2.24) is 5.32 Å². The van der Waals surface area contributed by atoms with Crippen LogP contribution in [0.25, 0.3) is 11.3 Å². The number of halogens is 1. The predicted molar refractivity (Wildman–Crippen MR) is 103 cm³/mol. The number of furan rings is 1. The third-order valence-electron chi connectivity index (χ3n) is 4.07. The summed E-state index contributed by atoms with van der Waals surface area (Å²) in [4.78, 5) is 13.8. The van der Waals surface area contributed by atoms with Gasteiger partial charge in [0.15, 0.2) is 5.76 Å². The molecule has 0 saturated heterocycles. The maximum absolute atomic E-state index is 12.4. The topological polar surface area (TPSA) is 46.7 Å². The van der Waals surface area contributed by atoms with Crippen LogP contribution in [0.2, 0.25) is 5.02 Å². The standard InChI is InChI=1S/C21H21ClN2O2/c1-24(2)14-16-8-4-3-7-15(16)13-23-21(25)20-12-11-19(26-20)17-9-5-6-10-18(17)22/h3-12H,13-14H2,1-2H3,(H,23,25)/p+1. The summed E-state index contributed by atoms with van der Waals surface area (Å²) in [6.07, 6.45) is 0. The lowest BCUT2D eigenvalue weighted by atomic mass is 10.1. The van der Waals surface area contributed by atoms with Gasteiger partial charge < -0.3 is 14.6 Å². The number of rotatable bonds is 6. The first-order valence-electron chi connectivity index (χ1n) is 8.53. The average Bonchev–Trinajstić information content (AvgIpc) is 3.10. The first-order chi connectivity index (χ1) is 12.5. The molecule has 5 heteroatoms. The maximum Gasteiger partial charge on any atom is 0.287 e. The van der Waals surface area contributed by atoms with E-state index in [0.717, 1.165) is 17.7 Å². The Hall–Kier alpha value is -2.56. The molecule has 4 nitrogen and oxygen atoms in total. The zero-order valence-corrected chi connectivity index (χ0v) is 15.6. The summed E-state index contributed by atoms with van der Waals surface area (Å²) in [6, 6.07) is 19.0. The highest BCUT2D eigenvalue weighted by atomic mass is 35.5. The van der Waals surface area contributed by atoms with Gasteiger partial charge in [-0.1, -0.05) is 48.0 Å². The summed E-state index contributed by atoms with van der Waals surface area (Å²) in [7, 11) is 4.21. The van der Waals surface area contributed by atoms with Gasteiger partial charge in [0.05, 0.1) is 19.1 Å². The number of amides is 1. The van der Waals surface area contributed by atoms with Crippen molar-refractivity contribution in [2.24, 2.45) is 0 Å². The van der Waals surface area contributed by atoms with Gasteiger partial charge in [0.2, 0.25) is 0 Å². The Labute approximate surface area is 158 Å². The van der Waals surface area contributed by atoms with Crippen molar-refractivity contribution >= 4 is 17.5 Å². The molecular weight excluding hydrogens is 348 g/mol. The summed E-state index contributed by atoms with van der Waals surface area (Å²) >= 11 is 6.19. The number of benzene rings is 2. The molecule has 1 heterocycles. The van der Waals surface area contributed by atoms with Crippen LogP contribution in [0.3, 0.4) is 0 Å². The fraction of sp³-hybridized carbons (Fsp3) is 0.190. The zero-order chi connectivity index (χ0) is 18.5. The smallest absolute Gasteiger partial charge is 0.287 e. The lowest BCUT2D eigenvalue weighted by molar-refractivity contribution is -0.872. The van der Waals surface area contributed by atoms with Crippen LogP contribution in [0.1, 0.15) is 21.7 Å². The van der Waals surface area contributed by atoms with E-state index in [1.54, 1.807) is 18.2 Å². The van der Waals surface area contributed by atoms with Gasteiger partial charge in [-0.05, 0) is 29.8 Å². The average molecular weight is 370 g/mol. The molecule has 0 saturated carbocycles. The fourth-order valence-corrected chi connectivity index (χ4v) is 3.04. The number of carbonyl (C=O) groups excluding carboxylic acids is 1. The van der Waals surface area contributed by atoms with Gasteiger partial charge >= 0.3 is 0 Å². The van der Waals surface area contributed by atoms with Crippen LogP contribution >= 0.6 is 11.6 Å². The largest absolute Gasteiger partial charge is 0.451 e. The third kappa shape index (κ3) is 4.34. The molecule has 1 aromatic heterocycles. The number of carbonyl (C=O) groups is 1. The van der Waals surface area contributed by atoms with Gasteiger partial charge in [-0.3, -0.25) is 4.79 Å². The van der Waals surface area contributed by atoms with Crippen molar-refractivity contribution in [3.8, 4) is 11.3 Å². The maximum atomic E-state index is 12.4. The van der Waals surface area contributed by atoms with Crippen molar-refractivity contribution in [2.75, 3.05) is 14.1 Å². The van der Waals surface area contributed by atoms with Gasteiger partial charge in [-0.2, -0.15) is 0 Å². The van der Waals surface area contributed by atoms with E-state index in [1.807, 2.05) is 36.4 Å². The zero-order valence-electron chi connectivity index (χ0n) is 14.9. The first-order valence-corrected chi connectivity index (χ1v) is 8.91. The first kappa shape index (κ1) is 18.2. The van der Waals surface area contributed by atoms with E-state index in [9.17, 15) is 4.79 Å². The summed E-state index contributed by atoms with van der Waals surface area (Å²) < 4.78 is 5.69. The Bertz CT molecular complexity index is 902. The highest BCUT2D eigenvalue weighted by molar-refractivity contribution is 6.33. The number of nitrogens with one attached hydrogen (secondary N) is 2. The molecule has 0 atom stereocenters. The van der Waals surface area contributed by atoms with Gasteiger partial charge in [0.25, 0.3) is 5.91 Å². The van der Waals surface area contributed by atoms with Crippen LogP contribution in [-0.2, 0) is 13.1 Å². The van der Waals surface area contributed by atoms with Gasteiger partial charge in [0.1, 0.15) is 12.3 Å². The predicted octanol–water partition coefficient (Wildman–Crippen LogP) is 3.17. The number of quaternary nitrogens is 1. The summed E-state index contributed by atoms with van der Waals surface area (Å²) in [5.41, 5.74) is 3.11. The summed E-state index contributed by atoms with van der Waals surface area (Å²) in [5.74, 6) is 0.614. The van der Waals surface area contributed by atoms with Gasteiger partial charge in [-0.25, -0.2) is 0 Å². The number of hydrogen-bond donors (Lipinski definition) is 2. The molecule has 0 aliphatic heterocycles. The molecule has 0 aliphatic rings. The second kappa shape index (κ2) is 8.21. The molecule has 0 aliphatic carbocycles. The molecule has 0 fully saturated rings. The minimum atomic E-state index is -0.240. The Morgan fingerprint density at radius 2 is 1.69 bits per heavy atom. The third-order valence-corrected chi connectivity index (χ3v) is 4.40. The SMILES string of the molecule is C[NH+](C)Cc1ccccc1CNC(=O)c1ccc(-c2ccccc2Cl)o1. The molecule has 2 N–H and O–H groups in total. The van der Waals surface area contributed by atoms with E-state index in [0.29, 0.717) is 17.3 Å². The van der Waals surface area contributed by atoms with Crippen molar-refractivity contribution in [2.45, 2.75) is 13.1 Å². The monoisotopic (exact) mass is 369 g/mol. The Kier molecular flexibility index (Phi) is 5.76. The van der Waals surface area contributed by atoms with E-state index in [4.69, 9.17) is 16.0 Å². The molecule has 134 valence electrons. The van der Waals surface area contributed by atoms with Crippen LogP contribution in [0, 0.1) is 0 Å². The van der Waals surface area contributed by atoms with Crippen molar-refractivity contribution in [1.29, 1.82) is 0 Å². The van der Waals surface area contributed by atoms with E-state index in [1.165, 1.54) is 10.5 Å². The fourth-order valence-electron chi connectivity index (χ4n) is 2.81. The van der Waals surface area contributed by atoms with Crippen LogP contribution in [0.4, 0.5) is 0 Å². The lowest BCUT2D eigenvalue weighted by Crippen LogP contribution is -3.04.